The average molecular weight is 162 g/mol. The molecular weight excluding hydrogens is 147 g/mol. The normalized spacial score (nSPS) is 16.2. The Kier molecular flexibility index (Phi) is 4.67. The summed E-state index contributed by atoms with van der Waals surface area (Å²) in [7, 11) is -2.44. The highest BCUT2D eigenvalue weighted by molar-refractivity contribution is 7.61. The van der Waals surface area contributed by atoms with Crippen molar-refractivity contribution < 1.29 is 9.09 Å². The molecule has 0 saturated carbocycles. The molecular formula is C7H15O2P. The minimum Gasteiger partial charge on any atom is -0.326 e. The van der Waals surface area contributed by atoms with E-state index >= 15 is 0 Å². The minimum atomic E-state index is -2.44. The van der Waals surface area contributed by atoms with Crippen molar-refractivity contribution in [3.8, 4) is 0 Å². The third kappa shape index (κ3) is 4.78. The van der Waals surface area contributed by atoms with Crippen LogP contribution >= 0.6 is 7.37 Å². The summed E-state index contributed by atoms with van der Waals surface area (Å²) in [5, 5.41) is 0. The van der Waals surface area contributed by atoms with Crippen molar-refractivity contribution in [1.82, 2.24) is 0 Å². The Labute approximate surface area is 62.7 Å². The smallest absolute Gasteiger partial charge is 0.221 e. The van der Waals surface area contributed by atoms with Crippen LogP contribution in [-0.2, 0) is 9.09 Å². The highest BCUT2D eigenvalue weighted by Gasteiger charge is 2.07. The molecule has 0 heterocycles. The van der Waals surface area contributed by atoms with Crippen LogP contribution in [0.15, 0.2) is 12.4 Å². The van der Waals surface area contributed by atoms with Gasteiger partial charge in [-0.05, 0) is 12.2 Å². The molecule has 0 aromatic heterocycles. The zero-order valence-electron chi connectivity index (χ0n) is 6.67. The molecule has 0 fully saturated rings. The van der Waals surface area contributed by atoms with Crippen molar-refractivity contribution in [2.24, 2.45) is 0 Å². The summed E-state index contributed by atoms with van der Waals surface area (Å²) < 4.78 is 16.2. The van der Waals surface area contributed by atoms with E-state index in [0.29, 0.717) is 6.61 Å². The quantitative estimate of drug-likeness (QED) is 0.459. The number of unbranched alkanes of at least 4 members (excludes halogenated alkanes) is 1. The second-order valence-electron chi connectivity index (χ2n) is 2.28. The summed E-state index contributed by atoms with van der Waals surface area (Å²) in [6, 6.07) is 0. The van der Waals surface area contributed by atoms with E-state index in [2.05, 4.69) is 13.5 Å². The molecule has 10 heavy (non-hydrogen) atoms. The first-order valence-electron chi connectivity index (χ1n) is 3.47. The molecule has 0 radical (unpaired) electrons. The first-order valence-corrected chi connectivity index (χ1v) is 5.62. The highest BCUT2D eigenvalue weighted by Crippen LogP contribution is 2.43. The molecule has 0 unspecified atom stereocenters. The Bertz CT molecular complexity index is 143. The summed E-state index contributed by atoms with van der Waals surface area (Å²) in [4.78, 5) is 0. The summed E-state index contributed by atoms with van der Waals surface area (Å²) in [6.45, 7) is 7.65. The molecule has 0 aromatic rings. The van der Waals surface area contributed by atoms with Crippen molar-refractivity contribution in [3.05, 3.63) is 12.4 Å². The third-order valence-electron chi connectivity index (χ3n) is 1.18. The van der Waals surface area contributed by atoms with E-state index in [-0.39, 0.29) is 0 Å². The van der Waals surface area contributed by atoms with Crippen LogP contribution in [0.5, 0.6) is 0 Å². The van der Waals surface area contributed by atoms with E-state index in [1.54, 1.807) is 6.66 Å². The van der Waals surface area contributed by atoms with Crippen molar-refractivity contribution >= 4 is 7.37 Å². The molecule has 0 bridgehead atoms. The van der Waals surface area contributed by atoms with Gasteiger partial charge in [0.2, 0.25) is 7.37 Å². The number of rotatable bonds is 5. The third-order valence-corrected chi connectivity index (χ3v) is 2.54. The Hall–Kier alpha value is -0.0700. The van der Waals surface area contributed by atoms with Crippen LogP contribution in [0.1, 0.15) is 19.8 Å². The standard InChI is InChI=1S/C7H15O2P/c1-4-6-7-9-10(3,8)5-2/h5H,2,4,6-7H2,1,3H3/t10-/m0/s1. The molecule has 0 amide bonds. The van der Waals surface area contributed by atoms with E-state index in [1.165, 1.54) is 5.82 Å². The maximum Gasteiger partial charge on any atom is 0.221 e. The molecule has 0 aliphatic rings. The average Bonchev–Trinajstić information content (AvgIpc) is 1.89. The summed E-state index contributed by atoms with van der Waals surface area (Å²) in [5.74, 6) is 1.39. The van der Waals surface area contributed by atoms with Gasteiger partial charge in [0.05, 0.1) is 6.61 Å². The first kappa shape index (κ1) is 9.93. The van der Waals surface area contributed by atoms with Gasteiger partial charge in [-0.3, -0.25) is 4.57 Å². The summed E-state index contributed by atoms with van der Waals surface area (Å²) >= 11 is 0. The molecule has 0 saturated heterocycles. The maximum atomic E-state index is 11.1. The second kappa shape index (κ2) is 4.70. The van der Waals surface area contributed by atoms with Gasteiger partial charge < -0.3 is 4.52 Å². The Balaban J connectivity index is 3.47. The topological polar surface area (TPSA) is 26.3 Å². The monoisotopic (exact) mass is 162 g/mol. The van der Waals surface area contributed by atoms with Crippen molar-refractivity contribution in [1.29, 1.82) is 0 Å². The molecule has 1 atom stereocenters. The molecule has 60 valence electrons. The molecule has 0 spiro atoms. The number of hydrogen-bond acceptors (Lipinski definition) is 2. The lowest BCUT2D eigenvalue weighted by molar-refractivity contribution is 0.315. The molecule has 0 aliphatic carbocycles. The van der Waals surface area contributed by atoms with E-state index in [0.717, 1.165) is 12.8 Å². The van der Waals surface area contributed by atoms with Gasteiger partial charge in [0, 0.05) is 6.66 Å². The Morgan fingerprint density at radius 2 is 2.30 bits per heavy atom. The Morgan fingerprint density at radius 3 is 2.70 bits per heavy atom. The van der Waals surface area contributed by atoms with E-state index in [1.807, 2.05) is 0 Å². The van der Waals surface area contributed by atoms with E-state index in [9.17, 15) is 4.57 Å². The lowest BCUT2D eigenvalue weighted by atomic mass is 10.4. The molecule has 3 heteroatoms. The van der Waals surface area contributed by atoms with Crippen LogP contribution in [0.2, 0.25) is 0 Å². The van der Waals surface area contributed by atoms with Crippen molar-refractivity contribution in [3.63, 3.8) is 0 Å². The van der Waals surface area contributed by atoms with Gasteiger partial charge in [-0.15, -0.1) is 0 Å². The summed E-state index contributed by atoms with van der Waals surface area (Å²) in [6.07, 6.45) is 2.03. The lowest BCUT2D eigenvalue weighted by Gasteiger charge is -2.07. The van der Waals surface area contributed by atoms with Gasteiger partial charge in [-0.25, -0.2) is 0 Å². The highest BCUT2D eigenvalue weighted by atomic mass is 31.2. The molecule has 0 rings (SSSR count). The lowest BCUT2D eigenvalue weighted by Crippen LogP contribution is -1.88. The molecule has 0 N–H and O–H groups in total. The zero-order valence-corrected chi connectivity index (χ0v) is 7.56. The largest absolute Gasteiger partial charge is 0.326 e. The van der Waals surface area contributed by atoms with E-state index in [4.69, 9.17) is 4.52 Å². The maximum absolute atomic E-state index is 11.1. The Morgan fingerprint density at radius 1 is 1.70 bits per heavy atom. The fraction of sp³-hybridized carbons (Fsp3) is 0.714. The zero-order chi connectivity index (χ0) is 8.04. The molecule has 0 aromatic carbocycles. The van der Waals surface area contributed by atoms with Crippen LogP contribution in [-0.4, -0.2) is 13.3 Å². The van der Waals surface area contributed by atoms with Crippen molar-refractivity contribution in [2.75, 3.05) is 13.3 Å². The first-order chi connectivity index (χ1) is 4.62. The van der Waals surface area contributed by atoms with Gasteiger partial charge in [0.15, 0.2) is 0 Å². The SMILES string of the molecule is C=C[P@@](C)(=O)OCCCC. The second-order valence-corrected chi connectivity index (χ2v) is 4.72. The minimum absolute atomic E-state index is 0.580. The molecule has 0 aliphatic heterocycles. The summed E-state index contributed by atoms with van der Waals surface area (Å²) in [5.41, 5.74) is 0. The van der Waals surface area contributed by atoms with Gasteiger partial charge in [0.1, 0.15) is 0 Å². The van der Waals surface area contributed by atoms with Crippen molar-refractivity contribution in [2.45, 2.75) is 19.8 Å². The van der Waals surface area contributed by atoms with Crippen LogP contribution in [0.3, 0.4) is 0 Å². The van der Waals surface area contributed by atoms with Crippen LogP contribution in [0.25, 0.3) is 0 Å². The van der Waals surface area contributed by atoms with Gasteiger partial charge in [0.25, 0.3) is 0 Å². The van der Waals surface area contributed by atoms with Gasteiger partial charge in [-0.2, -0.15) is 0 Å². The predicted octanol–water partition coefficient (Wildman–Crippen LogP) is 2.85. The van der Waals surface area contributed by atoms with Crippen LogP contribution < -0.4 is 0 Å². The molecule has 2 nitrogen and oxygen atoms in total. The fourth-order valence-electron chi connectivity index (χ4n) is 0.443. The van der Waals surface area contributed by atoms with Gasteiger partial charge >= 0.3 is 0 Å². The van der Waals surface area contributed by atoms with E-state index < -0.39 is 7.37 Å². The fourth-order valence-corrected chi connectivity index (χ4v) is 1.04. The number of hydrogen-bond donors (Lipinski definition) is 0. The van der Waals surface area contributed by atoms with Gasteiger partial charge in [-0.1, -0.05) is 19.9 Å². The van der Waals surface area contributed by atoms with Crippen LogP contribution in [0, 0.1) is 0 Å². The van der Waals surface area contributed by atoms with Crippen LogP contribution in [0.4, 0.5) is 0 Å². The predicted molar refractivity (Wildman–Crippen MR) is 44.6 cm³/mol.